The van der Waals surface area contributed by atoms with Gasteiger partial charge in [0.2, 0.25) is 0 Å². The van der Waals surface area contributed by atoms with Crippen LogP contribution >= 0.6 is 0 Å². The van der Waals surface area contributed by atoms with E-state index in [1.54, 1.807) is 7.11 Å². The van der Waals surface area contributed by atoms with Crippen LogP contribution in [0.2, 0.25) is 0 Å². The van der Waals surface area contributed by atoms with Gasteiger partial charge in [0.05, 0.1) is 13.2 Å². The number of hydrogen-bond acceptors (Lipinski definition) is 4. The first-order valence-corrected chi connectivity index (χ1v) is 9.23. The van der Waals surface area contributed by atoms with Crippen LogP contribution in [0, 0.1) is 5.92 Å². The molecule has 0 saturated heterocycles. The molecule has 3 rings (SSSR count). The molecule has 1 aromatic rings. The van der Waals surface area contributed by atoms with E-state index in [-0.39, 0.29) is 18.2 Å². The molecule has 1 fully saturated rings. The molecule has 0 spiro atoms. The molecule has 4 heteroatoms. The van der Waals surface area contributed by atoms with Crippen LogP contribution in [0.5, 0.6) is 5.75 Å². The summed E-state index contributed by atoms with van der Waals surface area (Å²) in [5.74, 6) is 1.49. The van der Waals surface area contributed by atoms with E-state index < -0.39 is 0 Å². The zero-order valence-electron chi connectivity index (χ0n) is 15.1. The van der Waals surface area contributed by atoms with E-state index in [0.717, 1.165) is 12.2 Å². The molecule has 0 unspecified atom stereocenters. The number of rotatable bonds is 6. The average Bonchev–Trinajstić information content (AvgIpc) is 2.59. The highest BCUT2D eigenvalue weighted by molar-refractivity contribution is 5.44. The van der Waals surface area contributed by atoms with Crippen LogP contribution in [0.25, 0.3) is 0 Å². The molecular formula is C20H31NO3. The maximum Gasteiger partial charge on any atom is 0.189 e. The number of fused-ring (bicyclic) bond motifs is 4. The summed E-state index contributed by atoms with van der Waals surface area (Å²) in [7, 11) is 1.67. The topological polar surface area (TPSA) is 53.7 Å². The number of benzene rings is 1. The fourth-order valence-electron chi connectivity index (χ4n) is 4.43. The third-order valence-corrected chi connectivity index (χ3v) is 5.93. The van der Waals surface area contributed by atoms with Gasteiger partial charge in [0, 0.05) is 18.6 Å². The fourth-order valence-corrected chi connectivity index (χ4v) is 4.43. The minimum absolute atomic E-state index is 0.0644. The number of ether oxygens (including phenoxy) is 3. The third-order valence-electron chi connectivity index (χ3n) is 5.93. The van der Waals surface area contributed by atoms with E-state index in [2.05, 4.69) is 25.1 Å². The van der Waals surface area contributed by atoms with Gasteiger partial charge in [0.15, 0.2) is 6.79 Å². The van der Waals surface area contributed by atoms with E-state index in [0.29, 0.717) is 19.1 Å². The van der Waals surface area contributed by atoms with Crippen LogP contribution < -0.4 is 10.5 Å². The lowest BCUT2D eigenvalue weighted by Gasteiger charge is -2.47. The van der Waals surface area contributed by atoms with Crippen molar-refractivity contribution in [2.24, 2.45) is 11.7 Å². The molecule has 2 aliphatic carbocycles. The van der Waals surface area contributed by atoms with Gasteiger partial charge in [-0.3, -0.25) is 0 Å². The van der Waals surface area contributed by atoms with Crippen LogP contribution in [0.3, 0.4) is 0 Å². The largest absolute Gasteiger partial charge is 0.468 e. The van der Waals surface area contributed by atoms with Crippen molar-refractivity contribution >= 4 is 0 Å². The molecule has 0 amide bonds. The molecule has 1 saturated carbocycles. The second-order valence-corrected chi connectivity index (χ2v) is 7.49. The summed E-state index contributed by atoms with van der Waals surface area (Å²) >= 11 is 0. The highest BCUT2D eigenvalue weighted by Crippen LogP contribution is 2.46. The monoisotopic (exact) mass is 333 g/mol. The lowest BCUT2D eigenvalue weighted by molar-refractivity contribution is -0.00859. The van der Waals surface area contributed by atoms with Gasteiger partial charge in [-0.15, -0.1) is 0 Å². The Morgan fingerprint density at radius 1 is 1.21 bits per heavy atom. The summed E-state index contributed by atoms with van der Waals surface area (Å²) in [6.07, 6.45) is 7.47. The van der Waals surface area contributed by atoms with Crippen LogP contribution in [0.1, 0.15) is 50.2 Å². The maximum atomic E-state index is 6.73. The standard InChI is InChI=1S/C20H31NO3/c1-20-9-5-3-4-6-16(19(20)21)12-15-7-8-17(13-18(15)20)24-14-23-11-10-22-2/h7-8,13,16,19H,3-6,9-12,14,21H2,1-2H3/t16-,19-,20+/m0/s1. The molecule has 2 bridgehead atoms. The summed E-state index contributed by atoms with van der Waals surface area (Å²) in [5.41, 5.74) is 9.64. The van der Waals surface area contributed by atoms with Crippen molar-refractivity contribution in [3.8, 4) is 5.75 Å². The van der Waals surface area contributed by atoms with E-state index in [1.165, 1.54) is 43.2 Å². The van der Waals surface area contributed by atoms with Crippen LogP contribution in [-0.2, 0) is 21.3 Å². The zero-order chi connectivity index (χ0) is 17.0. The Hall–Kier alpha value is -1.10. The molecule has 0 aliphatic heterocycles. The van der Waals surface area contributed by atoms with E-state index in [9.17, 15) is 0 Å². The number of hydrogen-bond donors (Lipinski definition) is 1. The van der Waals surface area contributed by atoms with E-state index in [1.807, 2.05) is 0 Å². The van der Waals surface area contributed by atoms with Gasteiger partial charge in [-0.25, -0.2) is 0 Å². The Morgan fingerprint density at radius 3 is 2.92 bits per heavy atom. The fraction of sp³-hybridized carbons (Fsp3) is 0.700. The van der Waals surface area contributed by atoms with Gasteiger partial charge in [-0.2, -0.15) is 0 Å². The molecule has 2 aliphatic rings. The quantitative estimate of drug-likeness (QED) is 0.640. The average molecular weight is 333 g/mol. The summed E-state index contributed by atoms with van der Waals surface area (Å²) in [5, 5.41) is 0. The molecular weight excluding hydrogens is 302 g/mol. The van der Waals surface area contributed by atoms with Crippen molar-refractivity contribution in [3.63, 3.8) is 0 Å². The molecule has 0 heterocycles. The SMILES string of the molecule is COCCOCOc1ccc2c(c1)[C@@]1(C)CCCCC[C@@H](C2)[C@@H]1N. The Balaban J connectivity index is 1.76. The zero-order valence-corrected chi connectivity index (χ0v) is 15.1. The van der Waals surface area contributed by atoms with E-state index >= 15 is 0 Å². The van der Waals surface area contributed by atoms with Gasteiger partial charge in [0.1, 0.15) is 5.75 Å². The molecule has 134 valence electrons. The molecule has 0 radical (unpaired) electrons. The predicted octanol–water partition coefficient (Wildman–Crippen LogP) is 3.41. The van der Waals surface area contributed by atoms with Gasteiger partial charge in [-0.1, -0.05) is 32.3 Å². The normalized spacial score (nSPS) is 29.5. The van der Waals surface area contributed by atoms with Crippen molar-refractivity contribution in [3.05, 3.63) is 29.3 Å². The maximum absolute atomic E-state index is 6.73. The number of nitrogens with two attached hydrogens (primary N) is 1. The molecule has 0 aromatic heterocycles. The smallest absolute Gasteiger partial charge is 0.189 e. The molecule has 2 N–H and O–H groups in total. The summed E-state index contributed by atoms with van der Waals surface area (Å²) in [6.45, 7) is 3.74. The van der Waals surface area contributed by atoms with Crippen LogP contribution in [-0.4, -0.2) is 33.2 Å². The van der Waals surface area contributed by atoms with Gasteiger partial charge in [0.25, 0.3) is 0 Å². The summed E-state index contributed by atoms with van der Waals surface area (Å²) < 4.78 is 16.2. The Kier molecular flexibility index (Phi) is 5.80. The first kappa shape index (κ1) is 17.7. The Morgan fingerprint density at radius 2 is 2.08 bits per heavy atom. The lowest BCUT2D eigenvalue weighted by Crippen LogP contribution is -2.52. The predicted molar refractivity (Wildman–Crippen MR) is 95.4 cm³/mol. The van der Waals surface area contributed by atoms with E-state index in [4.69, 9.17) is 19.9 Å². The minimum Gasteiger partial charge on any atom is -0.468 e. The van der Waals surface area contributed by atoms with Crippen LogP contribution in [0.15, 0.2) is 18.2 Å². The molecule has 4 nitrogen and oxygen atoms in total. The number of methoxy groups -OCH3 is 1. The van der Waals surface area contributed by atoms with Crippen LogP contribution in [0.4, 0.5) is 0 Å². The Bertz CT molecular complexity index is 548. The van der Waals surface area contributed by atoms with Crippen molar-refractivity contribution in [2.45, 2.75) is 56.9 Å². The second-order valence-electron chi connectivity index (χ2n) is 7.49. The summed E-state index contributed by atoms with van der Waals surface area (Å²) in [6, 6.07) is 6.75. The molecule has 3 atom stereocenters. The third kappa shape index (κ3) is 3.61. The first-order valence-electron chi connectivity index (χ1n) is 9.23. The van der Waals surface area contributed by atoms with Crippen molar-refractivity contribution in [1.29, 1.82) is 0 Å². The van der Waals surface area contributed by atoms with Gasteiger partial charge >= 0.3 is 0 Å². The summed E-state index contributed by atoms with van der Waals surface area (Å²) in [4.78, 5) is 0. The highest BCUT2D eigenvalue weighted by atomic mass is 16.7. The molecule has 24 heavy (non-hydrogen) atoms. The second kappa shape index (κ2) is 7.85. The molecule has 1 aromatic carbocycles. The van der Waals surface area contributed by atoms with Gasteiger partial charge in [-0.05, 0) is 48.4 Å². The minimum atomic E-state index is 0.0644. The van der Waals surface area contributed by atoms with Crippen molar-refractivity contribution in [1.82, 2.24) is 0 Å². The lowest BCUT2D eigenvalue weighted by atomic mass is 9.60. The highest BCUT2D eigenvalue weighted by Gasteiger charge is 2.43. The first-order chi connectivity index (χ1) is 11.6. The Labute approximate surface area is 145 Å². The van der Waals surface area contributed by atoms with Gasteiger partial charge < -0.3 is 19.9 Å². The van der Waals surface area contributed by atoms with Crippen molar-refractivity contribution < 1.29 is 14.2 Å². The van der Waals surface area contributed by atoms with Crippen molar-refractivity contribution in [2.75, 3.05) is 27.1 Å².